The first-order chi connectivity index (χ1) is 8.39. The van der Waals surface area contributed by atoms with Gasteiger partial charge >= 0.3 is 0 Å². The van der Waals surface area contributed by atoms with Crippen LogP contribution in [0.1, 0.15) is 33.6 Å². The molecule has 4 heteroatoms. The Bertz CT molecular complexity index is 269. The number of ether oxygens (including phenoxy) is 2. The van der Waals surface area contributed by atoms with Crippen molar-refractivity contribution in [2.75, 3.05) is 39.5 Å². The third-order valence-electron chi connectivity index (χ3n) is 3.88. The maximum absolute atomic E-state index is 10.0. The lowest BCUT2D eigenvalue weighted by atomic mass is 9.87. The van der Waals surface area contributed by atoms with Gasteiger partial charge in [0.25, 0.3) is 0 Å². The number of β-amino-alcohol motifs (C(OH)–C–C–N with tert-alkyl or cyclic N) is 1. The van der Waals surface area contributed by atoms with Crippen molar-refractivity contribution in [3.8, 4) is 0 Å². The van der Waals surface area contributed by atoms with Gasteiger partial charge < -0.3 is 19.5 Å². The van der Waals surface area contributed by atoms with Gasteiger partial charge in [0.1, 0.15) is 0 Å². The average molecular weight is 257 g/mol. The lowest BCUT2D eigenvalue weighted by Gasteiger charge is -2.26. The Morgan fingerprint density at radius 2 is 2.17 bits per heavy atom. The van der Waals surface area contributed by atoms with Gasteiger partial charge in [-0.15, -0.1) is 0 Å². The van der Waals surface area contributed by atoms with Crippen LogP contribution in [0.25, 0.3) is 0 Å². The molecule has 0 bridgehead atoms. The minimum atomic E-state index is -0.387. The van der Waals surface area contributed by atoms with E-state index >= 15 is 0 Å². The van der Waals surface area contributed by atoms with E-state index in [1.54, 1.807) is 0 Å². The van der Waals surface area contributed by atoms with Crippen LogP contribution in [0.4, 0.5) is 0 Å². The van der Waals surface area contributed by atoms with E-state index in [2.05, 4.69) is 4.90 Å². The number of hydrogen-bond acceptors (Lipinski definition) is 4. The number of rotatable bonds is 4. The zero-order chi connectivity index (χ0) is 13.2. The Morgan fingerprint density at radius 3 is 2.78 bits per heavy atom. The van der Waals surface area contributed by atoms with Crippen molar-refractivity contribution in [1.29, 1.82) is 0 Å². The summed E-state index contributed by atoms with van der Waals surface area (Å²) in [5.41, 5.74) is 0.205. The maximum atomic E-state index is 10.0. The SMILES string of the molecule is CC(C)(C)OCC(O)CN1CCC2(CCOC2)C1. The molecule has 0 aliphatic carbocycles. The standard InChI is InChI=1S/C14H27NO3/c1-13(2,3)18-9-12(16)8-15-6-4-14(10-15)5-7-17-11-14/h12,16H,4-11H2,1-3H3. The minimum absolute atomic E-state index is 0.174. The first-order valence-electron chi connectivity index (χ1n) is 7.01. The molecule has 2 fully saturated rings. The van der Waals surface area contributed by atoms with E-state index in [1.165, 1.54) is 12.8 Å². The highest BCUT2D eigenvalue weighted by atomic mass is 16.5. The van der Waals surface area contributed by atoms with Gasteiger partial charge in [-0.1, -0.05) is 0 Å². The lowest BCUT2D eigenvalue weighted by molar-refractivity contribution is -0.0553. The fourth-order valence-corrected chi connectivity index (χ4v) is 2.85. The van der Waals surface area contributed by atoms with Crippen LogP contribution < -0.4 is 0 Å². The predicted molar refractivity (Wildman–Crippen MR) is 70.6 cm³/mol. The third kappa shape index (κ3) is 3.92. The van der Waals surface area contributed by atoms with Crippen molar-refractivity contribution in [3.05, 3.63) is 0 Å². The van der Waals surface area contributed by atoms with E-state index in [4.69, 9.17) is 9.47 Å². The molecule has 18 heavy (non-hydrogen) atoms. The Labute approximate surface area is 110 Å². The molecule has 2 rings (SSSR count). The van der Waals surface area contributed by atoms with E-state index in [-0.39, 0.29) is 11.7 Å². The summed E-state index contributed by atoms with van der Waals surface area (Å²) in [7, 11) is 0. The molecule has 2 atom stereocenters. The molecule has 0 aromatic carbocycles. The molecule has 0 saturated carbocycles. The molecule has 106 valence electrons. The van der Waals surface area contributed by atoms with Crippen LogP contribution in [0.15, 0.2) is 0 Å². The molecule has 0 aromatic rings. The first kappa shape index (κ1) is 14.3. The molecule has 4 nitrogen and oxygen atoms in total. The molecule has 1 N–H and O–H groups in total. The summed E-state index contributed by atoms with van der Waals surface area (Å²) in [6.45, 7) is 11.1. The molecular formula is C14H27NO3. The molecule has 1 spiro atoms. The summed E-state index contributed by atoms with van der Waals surface area (Å²) in [4.78, 5) is 2.35. The highest BCUT2D eigenvalue weighted by Gasteiger charge is 2.41. The van der Waals surface area contributed by atoms with E-state index < -0.39 is 0 Å². The van der Waals surface area contributed by atoms with Gasteiger partial charge in [0.05, 0.1) is 24.9 Å². The maximum Gasteiger partial charge on any atom is 0.0900 e. The van der Waals surface area contributed by atoms with E-state index in [0.29, 0.717) is 12.0 Å². The van der Waals surface area contributed by atoms with Crippen molar-refractivity contribution < 1.29 is 14.6 Å². The molecule has 0 radical (unpaired) electrons. The van der Waals surface area contributed by atoms with Crippen molar-refractivity contribution in [3.63, 3.8) is 0 Å². The van der Waals surface area contributed by atoms with Crippen molar-refractivity contribution >= 4 is 0 Å². The number of aliphatic hydroxyl groups is 1. The van der Waals surface area contributed by atoms with Gasteiger partial charge in [-0.25, -0.2) is 0 Å². The molecule has 2 aliphatic heterocycles. The third-order valence-corrected chi connectivity index (χ3v) is 3.88. The summed E-state index contributed by atoms with van der Waals surface area (Å²) < 4.78 is 11.1. The fraction of sp³-hybridized carbons (Fsp3) is 1.00. The van der Waals surface area contributed by atoms with Gasteiger partial charge in [0.2, 0.25) is 0 Å². The Balaban J connectivity index is 1.71. The number of nitrogens with zero attached hydrogens (tertiary/aromatic N) is 1. The number of hydrogen-bond donors (Lipinski definition) is 1. The zero-order valence-electron chi connectivity index (χ0n) is 11.9. The van der Waals surface area contributed by atoms with Gasteiger partial charge in [-0.2, -0.15) is 0 Å². The van der Waals surface area contributed by atoms with E-state index in [1.807, 2.05) is 20.8 Å². The summed E-state index contributed by atoms with van der Waals surface area (Å²) in [6.07, 6.45) is 2.00. The molecule has 2 heterocycles. The van der Waals surface area contributed by atoms with Crippen LogP contribution >= 0.6 is 0 Å². The molecule has 2 saturated heterocycles. The zero-order valence-corrected chi connectivity index (χ0v) is 11.9. The number of likely N-dealkylation sites (tertiary alicyclic amines) is 1. The quantitative estimate of drug-likeness (QED) is 0.823. The highest BCUT2D eigenvalue weighted by Crippen LogP contribution is 2.38. The van der Waals surface area contributed by atoms with Crippen molar-refractivity contribution in [1.82, 2.24) is 4.90 Å². The van der Waals surface area contributed by atoms with Gasteiger partial charge in [0.15, 0.2) is 0 Å². The number of aliphatic hydroxyl groups excluding tert-OH is 1. The summed E-state index contributed by atoms with van der Waals surface area (Å²) >= 11 is 0. The van der Waals surface area contributed by atoms with Gasteiger partial charge in [-0.05, 0) is 40.2 Å². The van der Waals surface area contributed by atoms with Gasteiger partial charge in [-0.3, -0.25) is 0 Å². The molecule has 2 unspecified atom stereocenters. The van der Waals surface area contributed by atoms with E-state index in [9.17, 15) is 5.11 Å². The van der Waals surface area contributed by atoms with Crippen LogP contribution in [0, 0.1) is 5.41 Å². The second kappa shape index (κ2) is 5.45. The fourth-order valence-electron chi connectivity index (χ4n) is 2.85. The monoisotopic (exact) mass is 257 g/mol. The van der Waals surface area contributed by atoms with Crippen LogP contribution in [-0.2, 0) is 9.47 Å². The smallest absolute Gasteiger partial charge is 0.0900 e. The van der Waals surface area contributed by atoms with Gasteiger partial charge in [0, 0.05) is 25.1 Å². The molecule has 0 aromatic heterocycles. The topological polar surface area (TPSA) is 41.9 Å². The molecule has 0 amide bonds. The van der Waals surface area contributed by atoms with Crippen LogP contribution in [0.2, 0.25) is 0 Å². The summed E-state index contributed by atoms with van der Waals surface area (Å²) in [5.74, 6) is 0. The van der Waals surface area contributed by atoms with Crippen LogP contribution in [0.3, 0.4) is 0 Å². The normalized spacial score (nSPS) is 31.3. The predicted octanol–water partition coefficient (Wildman–Crippen LogP) is 1.27. The average Bonchev–Trinajstić information content (AvgIpc) is 2.87. The lowest BCUT2D eigenvalue weighted by Crippen LogP contribution is -2.37. The van der Waals surface area contributed by atoms with Crippen molar-refractivity contribution in [2.24, 2.45) is 5.41 Å². The van der Waals surface area contributed by atoms with E-state index in [0.717, 1.165) is 32.8 Å². The summed E-state index contributed by atoms with van der Waals surface area (Å²) in [5, 5.41) is 10.0. The highest BCUT2D eigenvalue weighted by molar-refractivity contribution is 4.92. The Kier molecular flexibility index (Phi) is 4.32. The largest absolute Gasteiger partial charge is 0.389 e. The second-order valence-electron chi connectivity index (χ2n) is 6.86. The van der Waals surface area contributed by atoms with Crippen molar-refractivity contribution in [2.45, 2.75) is 45.3 Å². The van der Waals surface area contributed by atoms with Crippen LogP contribution in [0.5, 0.6) is 0 Å². The minimum Gasteiger partial charge on any atom is -0.389 e. The molecule has 2 aliphatic rings. The Morgan fingerprint density at radius 1 is 1.39 bits per heavy atom. The first-order valence-corrected chi connectivity index (χ1v) is 7.01. The summed E-state index contributed by atoms with van der Waals surface area (Å²) in [6, 6.07) is 0. The molecular weight excluding hydrogens is 230 g/mol. The van der Waals surface area contributed by atoms with Crippen LogP contribution in [-0.4, -0.2) is 61.2 Å². The second-order valence-corrected chi connectivity index (χ2v) is 6.86. The Hall–Kier alpha value is -0.160.